The highest BCUT2D eigenvalue weighted by molar-refractivity contribution is 6.15. The molecule has 0 N–H and O–H groups in total. The van der Waals surface area contributed by atoms with Crippen LogP contribution in [0.3, 0.4) is 0 Å². The lowest BCUT2D eigenvalue weighted by Crippen LogP contribution is -2.10. The second-order valence-electron chi connectivity index (χ2n) is 20.6. The molecule has 0 unspecified atom stereocenters. The first-order chi connectivity index (χ1) is 35.8. The van der Waals surface area contributed by atoms with Crippen molar-refractivity contribution < 1.29 is 0 Å². The predicted molar refractivity (Wildman–Crippen MR) is 310 cm³/mol. The highest BCUT2D eigenvalue weighted by atomic mass is 15.0. The zero-order valence-electron chi connectivity index (χ0n) is 41.1. The highest BCUT2D eigenvalue weighted by Gasteiger charge is 2.21. The molecule has 0 aliphatic rings. The molecule has 73 heavy (non-hydrogen) atoms. The van der Waals surface area contributed by atoms with E-state index in [4.69, 9.17) is 0 Å². The van der Waals surface area contributed by atoms with Gasteiger partial charge in [-0.15, -0.1) is 0 Å². The van der Waals surface area contributed by atoms with Crippen LogP contribution in [0.1, 0.15) is 26.3 Å². The van der Waals surface area contributed by atoms with E-state index in [1.165, 1.54) is 121 Å². The molecule has 0 saturated heterocycles. The van der Waals surface area contributed by atoms with Gasteiger partial charge in [0.15, 0.2) is 0 Å². The van der Waals surface area contributed by atoms with E-state index >= 15 is 0 Å². The fraction of sp³-hybridized carbons (Fsp3) is 0.0571. The maximum Gasteiger partial charge on any atom is 0.0541 e. The summed E-state index contributed by atoms with van der Waals surface area (Å²) in [6.45, 7) is 6.90. The first kappa shape index (κ1) is 42.7. The first-order valence-corrected chi connectivity index (χ1v) is 25.4. The number of aromatic nitrogens is 3. The Bertz CT molecular complexity index is 4420. The van der Waals surface area contributed by atoms with Gasteiger partial charge >= 0.3 is 0 Å². The fourth-order valence-corrected chi connectivity index (χ4v) is 11.5. The number of fused-ring (bicyclic) bond motifs is 9. The molecule has 0 radical (unpaired) electrons. The van der Waals surface area contributed by atoms with Crippen LogP contribution in [0.5, 0.6) is 0 Å². The van der Waals surface area contributed by atoms with E-state index in [1.54, 1.807) is 0 Å². The molecule has 0 aliphatic carbocycles. The third kappa shape index (κ3) is 7.11. The Labute approximate surface area is 425 Å². The Morgan fingerprint density at radius 3 is 0.808 bits per heavy atom. The number of rotatable bonds is 7. The number of benzene rings is 11. The van der Waals surface area contributed by atoms with Crippen molar-refractivity contribution in [3.63, 3.8) is 0 Å². The normalized spacial score (nSPS) is 12.0. The smallest absolute Gasteiger partial charge is 0.0541 e. The molecule has 0 bridgehead atoms. The summed E-state index contributed by atoms with van der Waals surface area (Å²) in [6.07, 6.45) is 0. The van der Waals surface area contributed by atoms with E-state index in [0.29, 0.717) is 0 Å². The molecule has 14 rings (SSSR count). The summed E-state index contributed by atoms with van der Waals surface area (Å²) in [6, 6.07) is 94.1. The van der Waals surface area contributed by atoms with Crippen LogP contribution in [-0.4, -0.2) is 13.7 Å². The summed E-state index contributed by atoms with van der Waals surface area (Å²) in [5.41, 5.74) is 21.6. The van der Waals surface area contributed by atoms with Crippen molar-refractivity contribution in [1.29, 1.82) is 0 Å². The third-order valence-corrected chi connectivity index (χ3v) is 15.2. The quantitative estimate of drug-likeness (QED) is 0.151. The summed E-state index contributed by atoms with van der Waals surface area (Å²) in [4.78, 5) is 0. The molecule has 3 heterocycles. The van der Waals surface area contributed by atoms with Gasteiger partial charge in [-0.3, -0.25) is 0 Å². The molecular weight excluding hydrogens is 883 g/mol. The topological polar surface area (TPSA) is 14.8 Å². The lowest BCUT2D eigenvalue weighted by atomic mass is 9.86. The van der Waals surface area contributed by atoms with Crippen molar-refractivity contribution in [1.82, 2.24) is 13.7 Å². The lowest BCUT2D eigenvalue weighted by Gasteiger charge is -2.19. The monoisotopic (exact) mass is 933 g/mol. The van der Waals surface area contributed by atoms with E-state index in [9.17, 15) is 0 Å². The molecule has 0 aliphatic heterocycles. The standard InChI is InChI=1S/C70H51N3/c1-70(2,3)54-31-39-69-63(45-54)62-44-53(30-38-68(62)72(69)56-22-14-7-15-23-56)52-29-37-67-61(43-52)60-42-51(28-36-66(60)73(67)57-32-24-48(25-33-57)46-16-8-4-9-17-46)50-27-35-65-59(41-50)58-40-49(47-18-10-5-11-19-47)26-34-64(58)71(65)55-20-12-6-13-21-55/h4-45H,1-3H3. The zero-order valence-corrected chi connectivity index (χ0v) is 41.1. The van der Waals surface area contributed by atoms with Crippen LogP contribution in [0, 0.1) is 0 Å². The Balaban J connectivity index is 0.964. The summed E-state index contributed by atoms with van der Waals surface area (Å²) in [5.74, 6) is 0. The summed E-state index contributed by atoms with van der Waals surface area (Å²) >= 11 is 0. The average Bonchev–Trinajstić information content (AvgIpc) is 4.08. The second-order valence-corrected chi connectivity index (χ2v) is 20.6. The van der Waals surface area contributed by atoms with E-state index in [0.717, 1.165) is 11.4 Å². The van der Waals surface area contributed by atoms with Crippen molar-refractivity contribution in [2.75, 3.05) is 0 Å². The van der Waals surface area contributed by atoms with Gasteiger partial charge in [0, 0.05) is 49.4 Å². The van der Waals surface area contributed by atoms with Crippen LogP contribution in [0.15, 0.2) is 255 Å². The van der Waals surface area contributed by atoms with Crippen LogP contribution in [0.25, 0.3) is 127 Å². The van der Waals surface area contributed by atoms with Gasteiger partial charge in [0.1, 0.15) is 0 Å². The Morgan fingerprint density at radius 1 is 0.219 bits per heavy atom. The van der Waals surface area contributed by atoms with Crippen LogP contribution in [0.4, 0.5) is 0 Å². The second kappa shape index (κ2) is 16.7. The number of hydrogen-bond donors (Lipinski definition) is 0. The van der Waals surface area contributed by atoms with Crippen LogP contribution in [-0.2, 0) is 5.41 Å². The molecule has 0 fully saturated rings. The molecule has 0 atom stereocenters. The van der Waals surface area contributed by atoms with Gasteiger partial charge in [-0.2, -0.15) is 0 Å². The Hall–Kier alpha value is -9.18. The van der Waals surface area contributed by atoms with E-state index in [2.05, 4.69) is 289 Å². The molecule has 346 valence electrons. The van der Waals surface area contributed by atoms with Crippen LogP contribution >= 0.6 is 0 Å². The molecule has 14 aromatic rings. The van der Waals surface area contributed by atoms with Crippen molar-refractivity contribution in [3.8, 4) is 61.6 Å². The van der Waals surface area contributed by atoms with Crippen molar-refractivity contribution in [2.24, 2.45) is 0 Å². The predicted octanol–water partition coefficient (Wildman–Crippen LogP) is 18.9. The van der Waals surface area contributed by atoms with Gasteiger partial charge in [-0.25, -0.2) is 0 Å². The SMILES string of the molecule is CC(C)(C)c1ccc2c(c1)c1cc(-c3ccc4c(c3)c3cc(-c5ccc6c(c5)c5cc(-c7ccccc7)ccc5n6-c5ccccc5)ccc3n4-c3ccc(-c4ccccc4)cc3)ccc1n2-c1ccccc1. The van der Waals surface area contributed by atoms with Gasteiger partial charge in [0.2, 0.25) is 0 Å². The number of hydrogen-bond acceptors (Lipinski definition) is 0. The first-order valence-electron chi connectivity index (χ1n) is 25.4. The van der Waals surface area contributed by atoms with E-state index in [-0.39, 0.29) is 5.41 Å². The summed E-state index contributed by atoms with van der Waals surface area (Å²) in [7, 11) is 0. The van der Waals surface area contributed by atoms with Crippen LogP contribution in [0.2, 0.25) is 0 Å². The fourth-order valence-electron chi connectivity index (χ4n) is 11.5. The zero-order chi connectivity index (χ0) is 48.8. The molecule has 0 saturated carbocycles. The van der Waals surface area contributed by atoms with Crippen molar-refractivity contribution in [3.05, 3.63) is 260 Å². The molecule has 0 amide bonds. The minimum absolute atomic E-state index is 0.0195. The third-order valence-electron chi connectivity index (χ3n) is 15.2. The molecule has 11 aromatic carbocycles. The molecule has 0 spiro atoms. The van der Waals surface area contributed by atoms with Gasteiger partial charge < -0.3 is 13.7 Å². The highest BCUT2D eigenvalue weighted by Crippen LogP contribution is 2.42. The van der Waals surface area contributed by atoms with Crippen molar-refractivity contribution in [2.45, 2.75) is 26.2 Å². The summed E-state index contributed by atoms with van der Waals surface area (Å²) in [5, 5.41) is 7.44. The van der Waals surface area contributed by atoms with Crippen molar-refractivity contribution >= 4 is 65.4 Å². The molecule has 3 aromatic heterocycles. The minimum atomic E-state index is 0.0195. The van der Waals surface area contributed by atoms with Gasteiger partial charge in [0.25, 0.3) is 0 Å². The van der Waals surface area contributed by atoms with Gasteiger partial charge in [-0.05, 0) is 165 Å². The number of nitrogens with zero attached hydrogens (tertiary/aromatic N) is 3. The van der Waals surface area contributed by atoms with E-state index < -0.39 is 0 Å². The molecule has 3 nitrogen and oxygen atoms in total. The average molecular weight is 934 g/mol. The van der Waals surface area contributed by atoms with E-state index in [1.807, 2.05) is 0 Å². The van der Waals surface area contributed by atoms with Gasteiger partial charge in [-0.1, -0.05) is 166 Å². The maximum absolute atomic E-state index is 2.44. The molecular formula is C70H51N3. The lowest BCUT2D eigenvalue weighted by molar-refractivity contribution is 0.591. The Kier molecular flexibility index (Phi) is 9.78. The maximum atomic E-state index is 2.44. The largest absolute Gasteiger partial charge is 0.309 e. The van der Waals surface area contributed by atoms with Crippen LogP contribution < -0.4 is 0 Å². The minimum Gasteiger partial charge on any atom is -0.309 e. The van der Waals surface area contributed by atoms with Gasteiger partial charge in [0.05, 0.1) is 33.1 Å². The molecule has 3 heteroatoms. The summed E-state index contributed by atoms with van der Waals surface area (Å²) < 4.78 is 7.27. The Morgan fingerprint density at radius 2 is 0.466 bits per heavy atom. The number of para-hydroxylation sites is 2.